The number of benzene rings is 3. The van der Waals surface area contributed by atoms with Crippen LogP contribution in [0.4, 0.5) is 5.69 Å². The zero-order valence-electron chi connectivity index (χ0n) is 25.0. The lowest BCUT2D eigenvalue weighted by Gasteiger charge is -2.47. The summed E-state index contributed by atoms with van der Waals surface area (Å²) in [4.78, 5) is 41.5. The molecule has 2 aliphatic heterocycles. The quantitative estimate of drug-likeness (QED) is 0.249. The first-order chi connectivity index (χ1) is 21.1. The topological polar surface area (TPSA) is 131 Å². The maximum atomic E-state index is 14.5. The maximum absolute atomic E-state index is 14.5. The first-order valence-electron chi connectivity index (χ1n) is 14.3. The third-order valence-corrected chi connectivity index (χ3v) is 10.3. The number of carbonyl (C=O) groups excluding carboxylic acids is 3. The number of amides is 3. The van der Waals surface area contributed by atoms with E-state index in [-0.39, 0.29) is 36.8 Å². The predicted octanol–water partition coefficient (Wildman–Crippen LogP) is 6.31. The molecule has 0 bridgehead atoms. The molecule has 3 amide bonds. The highest BCUT2D eigenvalue weighted by atomic mass is 79.9. The van der Waals surface area contributed by atoms with Gasteiger partial charge in [-0.15, -0.1) is 0 Å². The Hall–Kier alpha value is -3.12. The van der Waals surface area contributed by atoms with Gasteiger partial charge in [0.15, 0.2) is 5.60 Å². The maximum Gasteiger partial charge on any atom is 0.277 e. The second kappa shape index (κ2) is 12.2. The van der Waals surface area contributed by atoms with E-state index >= 15 is 0 Å². The standard InChI is InChI=1S/C32H32BrCl2N3O6S/c1-5-31(6-2,29(40)38-45(4,42)43)44-26-12-10-20(35)15-22(26)24-16-27(39)37-28(21-14-19(34)9-7-17(21)3)32(24)23-11-8-18(33)13-25(23)36-30(32)41/h7-15,24,28H,5-6,16H2,1-4H3,(H,36,41)(H,37,39)(H,38,40)/t24-,28+,32-/m1/s1. The summed E-state index contributed by atoms with van der Waals surface area (Å²) in [6.45, 7) is 5.32. The summed E-state index contributed by atoms with van der Waals surface area (Å²) in [5, 5.41) is 6.89. The predicted molar refractivity (Wildman–Crippen MR) is 177 cm³/mol. The zero-order chi connectivity index (χ0) is 32.9. The zero-order valence-corrected chi connectivity index (χ0v) is 28.9. The van der Waals surface area contributed by atoms with Crippen LogP contribution in [0.25, 0.3) is 0 Å². The van der Waals surface area contributed by atoms with Gasteiger partial charge in [0.05, 0.1) is 12.3 Å². The number of ether oxygens (including phenoxy) is 1. The summed E-state index contributed by atoms with van der Waals surface area (Å²) < 4.78 is 33.3. The first-order valence-corrected chi connectivity index (χ1v) is 17.8. The highest BCUT2D eigenvalue weighted by molar-refractivity contribution is 9.10. The lowest BCUT2D eigenvalue weighted by Crippen LogP contribution is -2.57. The molecule has 0 aromatic heterocycles. The van der Waals surface area contributed by atoms with E-state index in [4.69, 9.17) is 27.9 Å². The molecule has 238 valence electrons. The van der Waals surface area contributed by atoms with Gasteiger partial charge in [0.25, 0.3) is 5.91 Å². The van der Waals surface area contributed by atoms with Crippen LogP contribution in [0.15, 0.2) is 59.1 Å². The molecule has 5 rings (SSSR count). The molecule has 0 unspecified atom stereocenters. The van der Waals surface area contributed by atoms with Gasteiger partial charge in [-0.05, 0) is 78.9 Å². The minimum atomic E-state index is -3.89. The number of halogens is 3. The second-order valence-corrected chi connectivity index (χ2v) is 15.0. The normalized spacial score (nSPS) is 21.2. The summed E-state index contributed by atoms with van der Waals surface area (Å²) >= 11 is 16.5. The average molecular weight is 738 g/mol. The molecule has 2 heterocycles. The number of piperidine rings is 1. The molecule has 3 aromatic rings. The number of hydrogen-bond acceptors (Lipinski definition) is 6. The molecule has 3 aromatic carbocycles. The summed E-state index contributed by atoms with van der Waals surface area (Å²) in [7, 11) is -3.89. The molecule has 1 saturated heterocycles. The molecule has 3 atom stereocenters. The number of fused-ring (bicyclic) bond motifs is 2. The van der Waals surface area contributed by atoms with Crippen LogP contribution in [0, 0.1) is 6.92 Å². The molecule has 0 saturated carbocycles. The monoisotopic (exact) mass is 735 g/mol. The van der Waals surface area contributed by atoms with Crippen LogP contribution in [-0.2, 0) is 29.8 Å². The van der Waals surface area contributed by atoms with Gasteiger partial charge in [-0.25, -0.2) is 13.1 Å². The van der Waals surface area contributed by atoms with Crippen LogP contribution in [0.1, 0.15) is 67.3 Å². The van der Waals surface area contributed by atoms with Crippen molar-refractivity contribution in [2.45, 2.75) is 63.0 Å². The molecule has 13 heteroatoms. The average Bonchev–Trinajstić information content (AvgIpc) is 3.24. The van der Waals surface area contributed by atoms with Gasteiger partial charge < -0.3 is 15.4 Å². The van der Waals surface area contributed by atoms with E-state index in [0.29, 0.717) is 32.4 Å². The minimum absolute atomic E-state index is 0.115. The van der Waals surface area contributed by atoms with Crippen molar-refractivity contribution in [1.29, 1.82) is 0 Å². The Morgan fingerprint density at radius 1 is 1.04 bits per heavy atom. The van der Waals surface area contributed by atoms with Gasteiger partial charge in [0.1, 0.15) is 11.2 Å². The summed E-state index contributed by atoms with van der Waals surface area (Å²) in [6, 6.07) is 14.8. The van der Waals surface area contributed by atoms with Gasteiger partial charge in [0.2, 0.25) is 21.8 Å². The molecule has 0 aliphatic carbocycles. The van der Waals surface area contributed by atoms with Crippen molar-refractivity contribution in [1.82, 2.24) is 10.0 Å². The van der Waals surface area contributed by atoms with Crippen molar-refractivity contribution in [2.24, 2.45) is 0 Å². The molecular formula is C32H32BrCl2N3O6S. The third-order valence-electron chi connectivity index (χ3n) is 8.79. The minimum Gasteiger partial charge on any atom is -0.477 e. The van der Waals surface area contributed by atoms with Gasteiger partial charge in [-0.1, -0.05) is 65.1 Å². The fraction of sp³-hybridized carbons (Fsp3) is 0.344. The van der Waals surface area contributed by atoms with E-state index in [2.05, 4.69) is 31.3 Å². The van der Waals surface area contributed by atoms with Crippen LogP contribution in [0.3, 0.4) is 0 Å². The summed E-state index contributed by atoms with van der Waals surface area (Å²) in [5.41, 5.74) is 0.153. The van der Waals surface area contributed by atoms with Gasteiger partial charge in [-0.3, -0.25) is 14.4 Å². The number of hydrogen-bond donors (Lipinski definition) is 3. The van der Waals surface area contributed by atoms with Crippen molar-refractivity contribution in [3.8, 4) is 5.75 Å². The van der Waals surface area contributed by atoms with Crippen LogP contribution >= 0.6 is 39.1 Å². The Labute approximate surface area is 280 Å². The van der Waals surface area contributed by atoms with Crippen LogP contribution in [0.5, 0.6) is 5.75 Å². The number of nitrogens with one attached hydrogen (secondary N) is 3. The van der Waals surface area contributed by atoms with E-state index < -0.39 is 38.9 Å². The van der Waals surface area contributed by atoms with Crippen molar-refractivity contribution in [2.75, 3.05) is 11.6 Å². The molecule has 0 radical (unpaired) electrons. The Balaban J connectivity index is 1.78. The number of carbonyl (C=O) groups is 3. The number of sulfonamides is 1. The number of rotatable bonds is 8. The lowest BCUT2D eigenvalue weighted by molar-refractivity contribution is -0.136. The highest BCUT2D eigenvalue weighted by Gasteiger charge is 2.62. The molecule has 1 spiro atoms. The molecule has 3 N–H and O–H groups in total. The number of anilines is 1. The van der Waals surface area contributed by atoms with Crippen LogP contribution in [0.2, 0.25) is 10.0 Å². The van der Waals surface area contributed by atoms with Gasteiger partial charge in [0, 0.05) is 38.1 Å². The third kappa shape index (κ3) is 5.95. The van der Waals surface area contributed by atoms with E-state index in [1.54, 1.807) is 44.2 Å². The van der Waals surface area contributed by atoms with Crippen molar-refractivity contribution < 1.29 is 27.5 Å². The van der Waals surface area contributed by atoms with Gasteiger partial charge >= 0.3 is 0 Å². The molecular weight excluding hydrogens is 705 g/mol. The van der Waals surface area contributed by atoms with E-state index in [9.17, 15) is 22.8 Å². The van der Waals surface area contributed by atoms with E-state index in [1.807, 2.05) is 31.2 Å². The fourth-order valence-corrected chi connectivity index (χ4v) is 7.81. The fourth-order valence-electron chi connectivity index (χ4n) is 6.56. The summed E-state index contributed by atoms with van der Waals surface area (Å²) in [5.74, 6) is -2.12. The second-order valence-electron chi connectivity index (χ2n) is 11.5. The van der Waals surface area contributed by atoms with Crippen molar-refractivity contribution in [3.63, 3.8) is 0 Å². The van der Waals surface area contributed by atoms with Crippen LogP contribution in [-0.4, -0.2) is 38.0 Å². The molecule has 1 fully saturated rings. The smallest absolute Gasteiger partial charge is 0.277 e. The molecule has 9 nitrogen and oxygen atoms in total. The lowest BCUT2D eigenvalue weighted by atomic mass is 9.59. The van der Waals surface area contributed by atoms with E-state index in [1.165, 1.54) is 0 Å². The molecule has 45 heavy (non-hydrogen) atoms. The highest BCUT2D eigenvalue weighted by Crippen LogP contribution is 2.59. The Morgan fingerprint density at radius 3 is 2.33 bits per heavy atom. The van der Waals surface area contributed by atoms with Crippen molar-refractivity contribution >= 4 is 72.6 Å². The first kappa shape index (κ1) is 33.2. The Kier molecular flexibility index (Phi) is 9.04. The Bertz CT molecular complexity index is 1830. The Morgan fingerprint density at radius 2 is 1.69 bits per heavy atom. The van der Waals surface area contributed by atoms with Gasteiger partial charge in [-0.2, -0.15) is 0 Å². The van der Waals surface area contributed by atoms with Crippen molar-refractivity contribution in [3.05, 3.63) is 91.4 Å². The number of aryl methyl sites for hydroxylation is 1. The SMILES string of the molecule is CCC(CC)(Oc1ccc(Cl)cc1[C@H]1CC(=O)N[C@@H](c2cc(Cl)ccc2C)[C@]12C(=O)Nc1cc(Br)ccc12)C(=O)NS(C)(=O)=O. The summed E-state index contributed by atoms with van der Waals surface area (Å²) in [6.07, 6.45) is 1.04. The largest absolute Gasteiger partial charge is 0.477 e. The van der Waals surface area contributed by atoms with Crippen LogP contribution < -0.4 is 20.1 Å². The van der Waals surface area contributed by atoms with E-state index in [0.717, 1.165) is 16.3 Å². The molecule has 2 aliphatic rings.